The Balaban J connectivity index is 2.14. The van der Waals surface area contributed by atoms with Crippen molar-refractivity contribution in [3.8, 4) is 5.75 Å². The van der Waals surface area contributed by atoms with Crippen LogP contribution in [0.4, 0.5) is 0 Å². The number of nitrogens with one attached hydrogen (secondary N) is 1. The number of hydrogen-bond donors (Lipinski definition) is 4. The Bertz CT molecular complexity index is 941. The van der Waals surface area contributed by atoms with Crippen LogP contribution in [0.3, 0.4) is 0 Å². The summed E-state index contributed by atoms with van der Waals surface area (Å²) in [4.78, 5) is 27.8. The zero-order valence-corrected chi connectivity index (χ0v) is 21.8. The molecule has 198 valence electrons. The van der Waals surface area contributed by atoms with Crippen LogP contribution in [0, 0.1) is 5.92 Å². The highest BCUT2D eigenvalue weighted by molar-refractivity contribution is 5.99. The van der Waals surface area contributed by atoms with Crippen LogP contribution in [-0.4, -0.2) is 63.9 Å². The van der Waals surface area contributed by atoms with E-state index in [-0.39, 0.29) is 24.1 Å². The van der Waals surface area contributed by atoms with Crippen LogP contribution in [0.25, 0.3) is 0 Å². The van der Waals surface area contributed by atoms with Gasteiger partial charge in [0.05, 0.1) is 12.2 Å². The van der Waals surface area contributed by atoms with E-state index in [2.05, 4.69) is 5.32 Å². The molecule has 0 aliphatic carbocycles. The first-order valence-corrected chi connectivity index (χ1v) is 13.1. The van der Waals surface area contributed by atoms with E-state index in [0.717, 1.165) is 31.2 Å². The van der Waals surface area contributed by atoms with E-state index >= 15 is 0 Å². The first-order valence-electron chi connectivity index (χ1n) is 13.1. The van der Waals surface area contributed by atoms with Crippen LogP contribution in [0.2, 0.25) is 0 Å². The van der Waals surface area contributed by atoms with Crippen molar-refractivity contribution in [2.45, 2.75) is 71.5 Å². The molecule has 3 atom stereocenters. The van der Waals surface area contributed by atoms with E-state index in [0.29, 0.717) is 37.1 Å². The Kier molecular flexibility index (Phi) is 12.4. The van der Waals surface area contributed by atoms with Gasteiger partial charge in [-0.05, 0) is 61.6 Å². The smallest absolute Gasteiger partial charge is 0.253 e. The normalized spacial score (nSPS) is 13.6. The van der Waals surface area contributed by atoms with Gasteiger partial charge in [0.1, 0.15) is 5.75 Å². The minimum absolute atomic E-state index is 0.0898. The van der Waals surface area contributed by atoms with Crippen LogP contribution in [0.1, 0.15) is 79.2 Å². The molecule has 0 fully saturated rings. The molecule has 2 rings (SSSR count). The standard InChI is InChI=1S/C29H42N2O5/c1-4-7-11-26(33)27(34)24(18-21-12-14-25(32)15-13-21)20-30-28(35)22-9-8-10-23(19-22)29(36)31(16-5-2)17-6-3/h8-10,12-15,19,24,26-27,32-34H,4-7,11,16-18,20H2,1-3H3,(H,30,35). The predicted octanol–water partition coefficient (Wildman–Crippen LogP) is 4.16. The molecule has 0 saturated carbocycles. The number of phenolic OH excluding ortho intramolecular Hbond substituents is 1. The van der Waals surface area contributed by atoms with E-state index in [1.807, 2.05) is 20.8 Å². The number of aromatic hydroxyl groups is 1. The summed E-state index contributed by atoms with van der Waals surface area (Å²) in [5.41, 5.74) is 1.73. The fourth-order valence-corrected chi connectivity index (χ4v) is 4.30. The average Bonchev–Trinajstić information content (AvgIpc) is 2.89. The van der Waals surface area contributed by atoms with Crippen molar-refractivity contribution < 1.29 is 24.9 Å². The van der Waals surface area contributed by atoms with E-state index < -0.39 is 18.1 Å². The summed E-state index contributed by atoms with van der Waals surface area (Å²) in [5.74, 6) is -0.709. The van der Waals surface area contributed by atoms with E-state index in [1.165, 1.54) is 0 Å². The van der Waals surface area contributed by atoms with Gasteiger partial charge in [-0.1, -0.05) is 51.8 Å². The second-order valence-electron chi connectivity index (χ2n) is 9.41. The fourth-order valence-electron chi connectivity index (χ4n) is 4.30. The summed E-state index contributed by atoms with van der Waals surface area (Å²) in [7, 11) is 0. The molecule has 36 heavy (non-hydrogen) atoms. The minimum atomic E-state index is -1.02. The van der Waals surface area contributed by atoms with Gasteiger partial charge in [0, 0.05) is 36.7 Å². The summed E-state index contributed by atoms with van der Waals surface area (Å²) in [6, 6.07) is 13.4. The number of phenols is 1. The highest BCUT2D eigenvalue weighted by Gasteiger charge is 2.27. The molecule has 0 aliphatic rings. The van der Waals surface area contributed by atoms with Crippen molar-refractivity contribution in [1.82, 2.24) is 10.2 Å². The lowest BCUT2D eigenvalue weighted by molar-refractivity contribution is -0.0214. The molecule has 7 heteroatoms. The maximum absolute atomic E-state index is 13.0. The van der Waals surface area contributed by atoms with Crippen LogP contribution in [0.15, 0.2) is 48.5 Å². The quantitative estimate of drug-likeness (QED) is 0.295. The van der Waals surface area contributed by atoms with Gasteiger partial charge >= 0.3 is 0 Å². The molecule has 2 aromatic carbocycles. The maximum Gasteiger partial charge on any atom is 0.253 e. The fraction of sp³-hybridized carbons (Fsp3) is 0.517. The van der Waals surface area contributed by atoms with Crippen molar-refractivity contribution in [2.24, 2.45) is 5.92 Å². The van der Waals surface area contributed by atoms with E-state index in [4.69, 9.17) is 0 Å². The maximum atomic E-state index is 13.0. The summed E-state index contributed by atoms with van der Waals surface area (Å²) < 4.78 is 0. The molecule has 2 amide bonds. The van der Waals surface area contributed by atoms with Gasteiger partial charge in [-0.15, -0.1) is 0 Å². The third-order valence-corrected chi connectivity index (χ3v) is 6.34. The van der Waals surface area contributed by atoms with Crippen molar-refractivity contribution in [1.29, 1.82) is 0 Å². The number of unbranched alkanes of at least 4 members (excludes halogenated alkanes) is 1. The Morgan fingerprint density at radius 2 is 1.56 bits per heavy atom. The van der Waals surface area contributed by atoms with Gasteiger partial charge in [-0.25, -0.2) is 0 Å². The molecule has 7 nitrogen and oxygen atoms in total. The van der Waals surface area contributed by atoms with Gasteiger partial charge in [-0.2, -0.15) is 0 Å². The van der Waals surface area contributed by atoms with Crippen molar-refractivity contribution in [2.75, 3.05) is 19.6 Å². The Morgan fingerprint density at radius 3 is 2.17 bits per heavy atom. The molecular formula is C29H42N2O5. The van der Waals surface area contributed by atoms with Crippen LogP contribution in [-0.2, 0) is 6.42 Å². The van der Waals surface area contributed by atoms with Crippen molar-refractivity contribution in [3.63, 3.8) is 0 Å². The Hall–Kier alpha value is -2.90. The molecule has 0 spiro atoms. The zero-order valence-electron chi connectivity index (χ0n) is 21.8. The zero-order chi connectivity index (χ0) is 26.5. The largest absolute Gasteiger partial charge is 0.508 e. The number of nitrogens with zero attached hydrogens (tertiary/aromatic N) is 1. The minimum Gasteiger partial charge on any atom is -0.508 e. The average molecular weight is 499 g/mol. The number of hydrogen-bond acceptors (Lipinski definition) is 5. The number of benzene rings is 2. The molecule has 3 unspecified atom stereocenters. The summed E-state index contributed by atoms with van der Waals surface area (Å²) in [5, 5.41) is 33.9. The van der Waals surface area contributed by atoms with E-state index in [9.17, 15) is 24.9 Å². The summed E-state index contributed by atoms with van der Waals surface area (Å²) in [6.45, 7) is 7.57. The number of aliphatic hydroxyl groups excluding tert-OH is 2. The predicted molar refractivity (Wildman–Crippen MR) is 142 cm³/mol. The SMILES string of the molecule is CCCCC(O)C(O)C(CNC(=O)c1cccc(C(=O)N(CCC)CCC)c1)Cc1ccc(O)cc1. The number of rotatable bonds is 15. The molecule has 0 heterocycles. The first-order chi connectivity index (χ1) is 17.3. The lowest BCUT2D eigenvalue weighted by Gasteiger charge is -2.27. The van der Waals surface area contributed by atoms with Gasteiger partial charge in [0.25, 0.3) is 11.8 Å². The van der Waals surface area contributed by atoms with Gasteiger partial charge in [0.15, 0.2) is 0 Å². The molecule has 2 aromatic rings. The Labute approximate surface area is 215 Å². The van der Waals surface area contributed by atoms with Gasteiger partial charge < -0.3 is 25.5 Å². The second-order valence-corrected chi connectivity index (χ2v) is 9.41. The van der Waals surface area contributed by atoms with E-state index in [1.54, 1.807) is 53.4 Å². The second kappa shape index (κ2) is 15.3. The topological polar surface area (TPSA) is 110 Å². The van der Waals surface area contributed by atoms with Gasteiger partial charge in [0.2, 0.25) is 0 Å². The van der Waals surface area contributed by atoms with Crippen molar-refractivity contribution >= 4 is 11.8 Å². The molecule has 0 bridgehead atoms. The third-order valence-electron chi connectivity index (χ3n) is 6.34. The summed E-state index contributed by atoms with van der Waals surface area (Å²) in [6.07, 6.45) is 2.42. The molecule has 0 aliphatic heterocycles. The number of aliphatic hydroxyl groups is 2. The highest BCUT2D eigenvalue weighted by atomic mass is 16.3. The Morgan fingerprint density at radius 1 is 0.917 bits per heavy atom. The lowest BCUT2D eigenvalue weighted by Crippen LogP contribution is -2.42. The van der Waals surface area contributed by atoms with Crippen LogP contribution in [0.5, 0.6) is 5.75 Å². The first kappa shape index (κ1) is 29.3. The third kappa shape index (κ3) is 8.95. The highest BCUT2D eigenvalue weighted by Crippen LogP contribution is 2.20. The number of amides is 2. The molecule has 0 aromatic heterocycles. The number of carbonyl (C=O) groups is 2. The summed E-state index contributed by atoms with van der Waals surface area (Å²) >= 11 is 0. The number of carbonyl (C=O) groups excluding carboxylic acids is 2. The monoisotopic (exact) mass is 498 g/mol. The lowest BCUT2D eigenvalue weighted by atomic mass is 9.89. The van der Waals surface area contributed by atoms with Crippen LogP contribution < -0.4 is 5.32 Å². The molecule has 4 N–H and O–H groups in total. The molecule has 0 saturated heterocycles. The van der Waals surface area contributed by atoms with Gasteiger partial charge in [-0.3, -0.25) is 9.59 Å². The van der Waals surface area contributed by atoms with Crippen LogP contribution >= 0.6 is 0 Å². The van der Waals surface area contributed by atoms with Crippen molar-refractivity contribution in [3.05, 3.63) is 65.2 Å². The molecular weight excluding hydrogens is 456 g/mol. The molecule has 0 radical (unpaired) electrons.